The van der Waals surface area contributed by atoms with Gasteiger partial charge in [-0.15, -0.1) is 0 Å². The van der Waals surface area contributed by atoms with Gasteiger partial charge in [0.1, 0.15) is 11.5 Å². The van der Waals surface area contributed by atoms with Crippen molar-refractivity contribution >= 4 is 34.8 Å². The van der Waals surface area contributed by atoms with Crippen molar-refractivity contribution in [1.29, 1.82) is 0 Å². The van der Waals surface area contributed by atoms with Crippen LogP contribution < -0.4 is 20.1 Å². The van der Waals surface area contributed by atoms with Crippen molar-refractivity contribution in [2.45, 2.75) is 19.5 Å². The summed E-state index contributed by atoms with van der Waals surface area (Å²) in [4.78, 5) is 24.0. The molecule has 2 aromatic carbocycles. The highest BCUT2D eigenvalue weighted by Crippen LogP contribution is 2.36. The Morgan fingerprint density at radius 3 is 2.27 bits per heavy atom. The number of amides is 2. The number of urea groups is 1. The van der Waals surface area contributed by atoms with Gasteiger partial charge in [0.2, 0.25) is 5.78 Å². The van der Waals surface area contributed by atoms with Gasteiger partial charge in [-0.3, -0.25) is 4.79 Å². The SMILES string of the molecule is CCC(=O)c1cc(Oc2ccc(NC(=O)Nc3ccc(Cl)c(C(F)(F)F)c3)cc2)cc[n+]1[O-]. The molecule has 0 saturated carbocycles. The summed E-state index contributed by atoms with van der Waals surface area (Å²) in [5.74, 6) is 0.316. The number of rotatable bonds is 6. The molecule has 33 heavy (non-hydrogen) atoms. The minimum absolute atomic E-state index is 0.0409. The van der Waals surface area contributed by atoms with Gasteiger partial charge < -0.3 is 20.6 Å². The summed E-state index contributed by atoms with van der Waals surface area (Å²) in [6.07, 6.45) is -3.32. The zero-order chi connectivity index (χ0) is 24.2. The van der Waals surface area contributed by atoms with Crippen LogP contribution in [0.3, 0.4) is 0 Å². The molecule has 0 spiro atoms. The van der Waals surface area contributed by atoms with E-state index in [4.69, 9.17) is 16.3 Å². The van der Waals surface area contributed by atoms with Crippen LogP contribution in [0.15, 0.2) is 60.8 Å². The number of hydrogen-bond donors (Lipinski definition) is 2. The maximum atomic E-state index is 12.9. The van der Waals surface area contributed by atoms with Crippen molar-refractivity contribution < 1.29 is 32.2 Å². The summed E-state index contributed by atoms with van der Waals surface area (Å²) in [6.45, 7) is 1.64. The topological polar surface area (TPSA) is 94.4 Å². The smallest absolute Gasteiger partial charge is 0.417 e. The minimum Gasteiger partial charge on any atom is -0.618 e. The Morgan fingerprint density at radius 1 is 1.00 bits per heavy atom. The fourth-order valence-electron chi connectivity index (χ4n) is 2.77. The number of carbonyl (C=O) groups is 2. The number of ether oxygens (including phenoxy) is 1. The lowest BCUT2D eigenvalue weighted by atomic mass is 10.2. The van der Waals surface area contributed by atoms with E-state index in [0.717, 1.165) is 12.1 Å². The molecule has 3 rings (SSSR count). The lowest BCUT2D eigenvalue weighted by Crippen LogP contribution is -2.33. The van der Waals surface area contributed by atoms with Crippen LogP contribution in [0.5, 0.6) is 11.5 Å². The van der Waals surface area contributed by atoms with E-state index in [9.17, 15) is 28.0 Å². The lowest BCUT2D eigenvalue weighted by Gasteiger charge is -2.12. The van der Waals surface area contributed by atoms with Gasteiger partial charge in [0.15, 0.2) is 6.20 Å². The molecule has 0 radical (unpaired) electrons. The third-order valence-corrected chi connectivity index (χ3v) is 4.70. The number of hydrogen-bond acceptors (Lipinski definition) is 4. The monoisotopic (exact) mass is 479 g/mol. The number of nitrogens with one attached hydrogen (secondary N) is 2. The Kier molecular flexibility index (Phi) is 7.07. The molecule has 0 atom stereocenters. The zero-order valence-corrected chi connectivity index (χ0v) is 17.8. The third kappa shape index (κ3) is 6.13. The van der Waals surface area contributed by atoms with E-state index in [1.165, 1.54) is 48.7 Å². The third-order valence-electron chi connectivity index (χ3n) is 4.37. The number of benzene rings is 2. The molecule has 2 amide bonds. The summed E-state index contributed by atoms with van der Waals surface area (Å²) < 4.78 is 44.9. The molecule has 0 bridgehead atoms. The summed E-state index contributed by atoms with van der Waals surface area (Å²) in [5, 5.41) is 16.0. The predicted molar refractivity (Wildman–Crippen MR) is 116 cm³/mol. The van der Waals surface area contributed by atoms with Gasteiger partial charge in [-0.05, 0) is 42.5 Å². The second-order valence-electron chi connectivity index (χ2n) is 6.75. The van der Waals surface area contributed by atoms with Gasteiger partial charge in [0.25, 0.3) is 5.69 Å². The van der Waals surface area contributed by atoms with E-state index >= 15 is 0 Å². The van der Waals surface area contributed by atoms with Gasteiger partial charge in [0, 0.05) is 23.9 Å². The summed E-state index contributed by atoms with van der Waals surface area (Å²) >= 11 is 5.57. The molecule has 0 unspecified atom stereocenters. The predicted octanol–water partition coefficient (Wildman–Crippen LogP) is 6.02. The molecule has 1 heterocycles. The minimum atomic E-state index is -4.65. The second kappa shape index (κ2) is 9.78. The van der Waals surface area contributed by atoms with Gasteiger partial charge in [-0.1, -0.05) is 18.5 Å². The van der Waals surface area contributed by atoms with Crippen LogP contribution in [0.2, 0.25) is 5.02 Å². The highest BCUT2D eigenvalue weighted by atomic mass is 35.5. The molecule has 0 saturated heterocycles. The Hall–Kier alpha value is -3.79. The summed E-state index contributed by atoms with van der Waals surface area (Å²) in [7, 11) is 0. The van der Waals surface area contributed by atoms with Crippen molar-refractivity contribution in [3.8, 4) is 11.5 Å². The van der Waals surface area contributed by atoms with Crippen LogP contribution in [-0.4, -0.2) is 11.8 Å². The highest BCUT2D eigenvalue weighted by Gasteiger charge is 2.33. The lowest BCUT2D eigenvalue weighted by molar-refractivity contribution is -0.607. The first-order chi connectivity index (χ1) is 15.6. The van der Waals surface area contributed by atoms with Gasteiger partial charge in [0.05, 0.1) is 16.7 Å². The number of halogens is 4. The largest absolute Gasteiger partial charge is 0.618 e. The van der Waals surface area contributed by atoms with E-state index in [1.54, 1.807) is 6.92 Å². The maximum absolute atomic E-state index is 12.9. The molecule has 0 aliphatic heterocycles. The number of nitrogens with zero attached hydrogens (tertiary/aromatic N) is 1. The Labute approximate surface area is 191 Å². The number of ketones is 1. The standard InChI is InChI=1S/C22H17ClF3N3O4/c1-2-20(30)19-12-16(9-10-29(19)32)33-15-6-3-13(4-7-15)27-21(31)28-14-5-8-18(23)17(11-14)22(24,25)26/h3-12H,2H2,1H3,(H2,27,28,31). The molecule has 172 valence electrons. The number of pyridine rings is 1. The number of anilines is 2. The van der Waals surface area contributed by atoms with E-state index < -0.39 is 22.8 Å². The maximum Gasteiger partial charge on any atom is 0.417 e. The van der Waals surface area contributed by atoms with Crippen LogP contribution in [-0.2, 0) is 6.18 Å². The van der Waals surface area contributed by atoms with Gasteiger partial charge >= 0.3 is 12.2 Å². The zero-order valence-electron chi connectivity index (χ0n) is 17.1. The van der Waals surface area contributed by atoms with Crippen LogP contribution in [0.4, 0.5) is 29.3 Å². The van der Waals surface area contributed by atoms with Crippen molar-refractivity contribution in [3.05, 3.63) is 82.3 Å². The van der Waals surface area contributed by atoms with Crippen molar-refractivity contribution in [1.82, 2.24) is 0 Å². The summed E-state index contributed by atoms with van der Waals surface area (Å²) in [6, 6.07) is 11.1. The summed E-state index contributed by atoms with van der Waals surface area (Å²) in [5.41, 5.74) is -0.838. The fourth-order valence-corrected chi connectivity index (χ4v) is 3.00. The molecule has 11 heteroatoms. The molecule has 0 fully saturated rings. The van der Waals surface area contributed by atoms with Crippen molar-refractivity contribution in [3.63, 3.8) is 0 Å². The normalized spacial score (nSPS) is 11.1. The number of alkyl halides is 3. The second-order valence-corrected chi connectivity index (χ2v) is 7.16. The van der Waals surface area contributed by atoms with Crippen LogP contribution in [0.25, 0.3) is 0 Å². The van der Waals surface area contributed by atoms with E-state index in [2.05, 4.69) is 10.6 Å². The number of Topliss-reactive ketones (excluding diaryl/α,β-unsaturated/α-hetero) is 1. The first-order valence-corrected chi connectivity index (χ1v) is 9.93. The van der Waals surface area contributed by atoms with Gasteiger partial charge in [-0.2, -0.15) is 17.9 Å². The molecular formula is C22H17ClF3N3O4. The fraction of sp³-hybridized carbons (Fsp3) is 0.136. The van der Waals surface area contributed by atoms with Gasteiger partial charge in [-0.25, -0.2) is 4.79 Å². The highest BCUT2D eigenvalue weighted by molar-refractivity contribution is 6.31. The Morgan fingerprint density at radius 2 is 1.64 bits per heavy atom. The molecule has 3 aromatic rings. The van der Waals surface area contributed by atoms with E-state index in [0.29, 0.717) is 16.2 Å². The van der Waals surface area contributed by atoms with Crippen LogP contribution >= 0.6 is 11.6 Å². The average molecular weight is 480 g/mol. The van der Waals surface area contributed by atoms with Crippen molar-refractivity contribution in [2.24, 2.45) is 0 Å². The van der Waals surface area contributed by atoms with E-state index in [1.807, 2.05) is 0 Å². The average Bonchev–Trinajstić information content (AvgIpc) is 2.76. The molecular weight excluding hydrogens is 463 g/mol. The molecule has 7 nitrogen and oxygen atoms in total. The first kappa shape index (κ1) is 23.9. The first-order valence-electron chi connectivity index (χ1n) is 9.56. The number of aromatic nitrogens is 1. The number of carbonyl (C=O) groups excluding carboxylic acids is 2. The molecule has 0 aliphatic carbocycles. The molecule has 1 aromatic heterocycles. The van der Waals surface area contributed by atoms with Crippen molar-refractivity contribution in [2.75, 3.05) is 10.6 Å². The quantitative estimate of drug-likeness (QED) is 0.257. The molecule has 0 aliphatic rings. The molecule has 2 N–H and O–H groups in total. The van der Waals surface area contributed by atoms with E-state index in [-0.39, 0.29) is 29.3 Å². The van der Waals surface area contributed by atoms with Crippen LogP contribution in [0.1, 0.15) is 29.4 Å². The Bertz CT molecular complexity index is 1180. The Balaban J connectivity index is 1.64. The van der Waals surface area contributed by atoms with Crippen LogP contribution in [0, 0.1) is 5.21 Å².